The van der Waals surface area contributed by atoms with Crippen molar-refractivity contribution in [3.8, 4) is 0 Å². The van der Waals surface area contributed by atoms with Crippen molar-refractivity contribution in [3.05, 3.63) is 35.6 Å². The van der Waals surface area contributed by atoms with Gasteiger partial charge in [-0.1, -0.05) is 0 Å². The maximum absolute atomic E-state index is 8.61. The molecule has 0 saturated carbocycles. The molecule has 0 atom stereocenters. The van der Waals surface area contributed by atoms with E-state index in [4.69, 9.17) is 21.3 Å². The number of nitrogens with zero attached hydrogens (tertiary/aromatic N) is 1. The first-order valence-electron chi connectivity index (χ1n) is 5.63. The van der Waals surface area contributed by atoms with Gasteiger partial charge in [-0.05, 0) is 24.3 Å². The van der Waals surface area contributed by atoms with Crippen LogP contribution in [0, 0.1) is 0 Å². The Balaban J connectivity index is 2.18. The van der Waals surface area contributed by atoms with Crippen molar-refractivity contribution in [2.45, 2.75) is 6.42 Å². The van der Waals surface area contributed by atoms with E-state index >= 15 is 0 Å². The highest BCUT2D eigenvalue weighted by Crippen LogP contribution is 2.31. The Morgan fingerprint density at radius 2 is 2.22 bits per heavy atom. The second-order valence-corrected chi connectivity index (χ2v) is 3.86. The van der Waals surface area contributed by atoms with Crippen LogP contribution in [-0.4, -0.2) is 24.1 Å². The van der Waals surface area contributed by atoms with Crippen LogP contribution in [0.2, 0.25) is 0 Å². The molecule has 0 saturated heterocycles. The molecule has 2 rings (SSSR count). The third-order valence-corrected chi connectivity index (χ3v) is 2.46. The lowest BCUT2D eigenvalue weighted by atomic mass is 10.1. The Kier molecular flexibility index (Phi) is 3.67. The van der Waals surface area contributed by atoms with Crippen LogP contribution < -0.4 is 11.5 Å². The Hall–Kier alpha value is -2.23. The predicted molar refractivity (Wildman–Crippen MR) is 71.8 cm³/mol. The van der Waals surface area contributed by atoms with Gasteiger partial charge >= 0.3 is 0 Å². The molecule has 0 aliphatic carbocycles. The summed E-state index contributed by atoms with van der Waals surface area (Å²) < 4.78 is 5.59. The molecule has 94 valence electrons. The lowest BCUT2D eigenvalue weighted by Gasteiger charge is -2.07. The molecule has 0 fully saturated rings. The number of benzene rings is 1. The number of anilines is 2. The third-order valence-electron chi connectivity index (χ3n) is 2.46. The number of allylic oxidation sites excluding steroid dienone is 1. The normalized spacial score (nSPS) is 13.8. The van der Waals surface area contributed by atoms with Gasteiger partial charge in [0.25, 0.3) is 0 Å². The van der Waals surface area contributed by atoms with Gasteiger partial charge in [0.05, 0.1) is 13.2 Å². The van der Waals surface area contributed by atoms with Crippen LogP contribution in [0.25, 0.3) is 5.76 Å². The molecular weight excluding hydrogens is 230 g/mol. The van der Waals surface area contributed by atoms with Crippen molar-refractivity contribution in [3.63, 3.8) is 0 Å². The second-order valence-electron chi connectivity index (χ2n) is 3.86. The standard InChI is InChI=1S/C13H15N3O2/c14-9-1-3-12(15)11(7-9)13-4-2-10(18-13)8-16-5-6-17/h1,3-4,7,17H,2,5-6,14-15H2. The minimum atomic E-state index is 0.00271. The number of nitrogen functional groups attached to an aromatic ring is 2. The molecule has 1 aliphatic rings. The topological polar surface area (TPSA) is 93.9 Å². The summed E-state index contributed by atoms with van der Waals surface area (Å²) in [5.41, 5.74) is 13.6. The monoisotopic (exact) mass is 245 g/mol. The van der Waals surface area contributed by atoms with E-state index in [0.717, 1.165) is 5.56 Å². The Labute approximate surface area is 105 Å². The summed E-state index contributed by atoms with van der Waals surface area (Å²) in [6.07, 6.45) is 2.51. The molecule has 0 spiro atoms. The minimum Gasteiger partial charge on any atom is -0.451 e. The summed E-state index contributed by atoms with van der Waals surface area (Å²) in [5, 5.41) is 8.61. The zero-order chi connectivity index (χ0) is 13.0. The molecule has 1 aliphatic heterocycles. The van der Waals surface area contributed by atoms with Gasteiger partial charge in [0, 0.05) is 29.2 Å². The zero-order valence-corrected chi connectivity index (χ0v) is 9.89. The average Bonchev–Trinajstić information content (AvgIpc) is 2.81. The number of nitrogens with two attached hydrogens (primary N) is 2. The molecule has 5 nitrogen and oxygen atoms in total. The molecule has 0 amide bonds. The van der Waals surface area contributed by atoms with Crippen LogP contribution in [-0.2, 0) is 4.74 Å². The molecule has 1 heterocycles. The summed E-state index contributed by atoms with van der Waals surface area (Å²) in [6, 6.07) is 5.26. The first-order chi connectivity index (χ1) is 8.70. The molecule has 5 N–H and O–H groups in total. The van der Waals surface area contributed by atoms with E-state index in [2.05, 4.69) is 10.9 Å². The average molecular weight is 245 g/mol. The van der Waals surface area contributed by atoms with E-state index in [1.54, 1.807) is 18.2 Å². The highest BCUT2D eigenvalue weighted by atomic mass is 16.5. The number of aliphatic hydroxyl groups is 1. The van der Waals surface area contributed by atoms with Gasteiger partial charge in [0.15, 0.2) is 5.76 Å². The fourth-order valence-electron chi connectivity index (χ4n) is 1.62. The van der Waals surface area contributed by atoms with Gasteiger partial charge in [-0.15, -0.1) is 0 Å². The number of hydrogen-bond donors (Lipinski definition) is 3. The lowest BCUT2D eigenvalue weighted by molar-refractivity contribution is 0.307. The number of rotatable bonds is 3. The largest absolute Gasteiger partial charge is 0.451 e. The van der Waals surface area contributed by atoms with Gasteiger partial charge in [0.2, 0.25) is 0 Å². The van der Waals surface area contributed by atoms with Crippen LogP contribution >= 0.6 is 0 Å². The zero-order valence-electron chi connectivity index (χ0n) is 9.89. The van der Waals surface area contributed by atoms with E-state index < -0.39 is 0 Å². The lowest BCUT2D eigenvalue weighted by Crippen LogP contribution is -1.96. The number of ether oxygens (including phenoxy) is 1. The Morgan fingerprint density at radius 1 is 1.39 bits per heavy atom. The summed E-state index contributed by atoms with van der Waals surface area (Å²) in [5.74, 6) is 4.03. The maximum Gasteiger partial charge on any atom is 0.168 e. The van der Waals surface area contributed by atoms with E-state index in [9.17, 15) is 0 Å². The molecule has 0 unspecified atom stereocenters. The molecule has 1 aromatic rings. The Morgan fingerprint density at radius 3 is 3.00 bits per heavy atom. The Bertz CT molecular complexity index is 543. The summed E-state index contributed by atoms with van der Waals surface area (Å²) >= 11 is 0. The van der Waals surface area contributed by atoms with E-state index in [1.165, 1.54) is 0 Å². The van der Waals surface area contributed by atoms with Crippen LogP contribution in [0.15, 0.2) is 35.0 Å². The number of aliphatic imine (C=N–C) groups is 1. The van der Waals surface area contributed by atoms with E-state index in [1.807, 2.05) is 6.08 Å². The van der Waals surface area contributed by atoms with E-state index in [0.29, 0.717) is 35.9 Å². The van der Waals surface area contributed by atoms with Crippen LogP contribution in [0.4, 0.5) is 11.4 Å². The first-order valence-corrected chi connectivity index (χ1v) is 5.63. The molecule has 1 aromatic carbocycles. The molecule has 18 heavy (non-hydrogen) atoms. The van der Waals surface area contributed by atoms with Crippen LogP contribution in [0.5, 0.6) is 0 Å². The predicted octanol–water partition coefficient (Wildman–Crippen LogP) is 1.16. The molecule has 0 aromatic heterocycles. The van der Waals surface area contributed by atoms with Gasteiger partial charge < -0.3 is 21.3 Å². The maximum atomic E-state index is 8.61. The first kappa shape index (κ1) is 12.2. The summed E-state index contributed by atoms with van der Waals surface area (Å²) in [6.45, 7) is 0.325. The molecular formula is C13H15N3O2. The van der Waals surface area contributed by atoms with Crippen LogP contribution in [0.3, 0.4) is 0 Å². The SMILES string of the molecule is Nc1ccc(N)c(C2=CCC(=C=NCCO)O2)c1. The van der Waals surface area contributed by atoms with Crippen molar-refractivity contribution in [1.82, 2.24) is 0 Å². The summed E-state index contributed by atoms with van der Waals surface area (Å²) in [7, 11) is 0. The van der Waals surface area contributed by atoms with Crippen LogP contribution in [0.1, 0.15) is 12.0 Å². The van der Waals surface area contributed by atoms with Gasteiger partial charge in [-0.3, -0.25) is 0 Å². The second kappa shape index (κ2) is 5.40. The minimum absolute atomic E-state index is 0.00271. The number of aliphatic hydroxyl groups excluding tert-OH is 1. The number of hydrogen-bond acceptors (Lipinski definition) is 5. The van der Waals surface area contributed by atoms with Crippen molar-refractivity contribution in [2.75, 3.05) is 24.6 Å². The fraction of sp³-hybridized carbons (Fsp3) is 0.231. The smallest absolute Gasteiger partial charge is 0.168 e. The molecule has 5 heteroatoms. The third kappa shape index (κ3) is 2.71. The van der Waals surface area contributed by atoms with E-state index in [-0.39, 0.29) is 6.61 Å². The van der Waals surface area contributed by atoms with Crippen molar-refractivity contribution < 1.29 is 9.84 Å². The molecule has 0 bridgehead atoms. The highest BCUT2D eigenvalue weighted by molar-refractivity contribution is 5.77. The van der Waals surface area contributed by atoms with Gasteiger partial charge in [-0.2, -0.15) is 0 Å². The van der Waals surface area contributed by atoms with Gasteiger partial charge in [0.1, 0.15) is 5.76 Å². The van der Waals surface area contributed by atoms with Crippen molar-refractivity contribution in [2.24, 2.45) is 4.99 Å². The highest BCUT2D eigenvalue weighted by Gasteiger charge is 2.15. The summed E-state index contributed by atoms with van der Waals surface area (Å²) in [4.78, 5) is 3.89. The fourth-order valence-corrected chi connectivity index (χ4v) is 1.62. The van der Waals surface area contributed by atoms with Crippen molar-refractivity contribution >= 4 is 23.0 Å². The van der Waals surface area contributed by atoms with Crippen molar-refractivity contribution in [1.29, 1.82) is 0 Å². The van der Waals surface area contributed by atoms with Gasteiger partial charge in [-0.25, -0.2) is 4.99 Å². The molecule has 0 radical (unpaired) electrons. The quantitative estimate of drug-likeness (QED) is 0.550.